The minimum absolute atomic E-state index is 0.0813. The summed E-state index contributed by atoms with van der Waals surface area (Å²) in [4.78, 5) is 9.04. The van der Waals surface area contributed by atoms with Crippen LogP contribution in [0.1, 0.15) is 46.5 Å². The second kappa shape index (κ2) is 12.2. The molecule has 3 aromatic rings. The molecular weight excluding hydrogens is 403 g/mol. The standard InChI is InChI=1S/C27H33FN2O2/c1-4-5-6-15-31-25-13-9-22(10-14-25)27-29-17-23(18-30-27)21-7-11-26(12-8-21)32-19-24(28)16-20(2)3/h7-14,17-18,20,24H,4-6,15-16,19H2,1-3H3. The molecule has 0 radical (unpaired) electrons. The van der Waals surface area contributed by atoms with Crippen LogP contribution in [-0.2, 0) is 0 Å². The van der Waals surface area contributed by atoms with Gasteiger partial charge in [-0.05, 0) is 60.7 Å². The van der Waals surface area contributed by atoms with Gasteiger partial charge in [-0.2, -0.15) is 0 Å². The van der Waals surface area contributed by atoms with E-state index in [0.717, 1.165) is 35.5 Å². The van der Waals surface area contributed by atoms with Crippen molar-refractivity contribution >= 4 is 0 Å². The van der Waals surface area contributed by atoms with Crippen LogP contribution in [0.5, 0.6) is 11.5 Å². The maximum absolute atomic E-state index is 13.8. The molecule has 1 atom stereocenters. The maximum atomic E-state index is 13.8. The molecule has 0 spiro atoms. The molecule has 3 rings (SSSR count). The fraction of sp³-hybridized carbons (Fsp3) is 0.407. The summed E-state index contributed by atoms with van der Waals surface area (Å²) in [5, 5.41) is 0. The molecule has 0 amide bonds. The molecule has 170 valence electrons. The van der Waals surface area contributed by atoms with Gasteiger partial charge in [-0.15, -0.1) is 0 Å². The Bertz CT molecular complexity index is 925. The summed E-state index contributed by atoms with van der Waals surface area (Å²) in [7, 11) is 0. The molecule has 2 aromatic carbocycles. The first-order valence-electron chi connectivity index (χ1n) is 11.5. The van der Waals surface area contributed by atoms with Gasteiger partial charge in [0.2, 0.25) is 0 Å². The lowest BCUT2D eigenvalue weighted by atomic mass is 10.1. The zero-order valence-corrected chi connectivity index (χ0v) is 19.3. The summed E-state index contributed by atoms with van der Waals surface area (Å²) in [6.07, 6.45) is 6.63. The molecule has 0 aliphatic rings. The summed E-state index contributed by atoms with van der Waals surface area (Å²) in [5.74, 6) is 2.52. The van der Waals surface area contributed by atoms with Crippen molar-refractivity contribution in [3.05, 3.63) is 60.9 Å². The van der Waals surface area contributed by atoms with Crippen molar-refractivity contribution in [2.45, 2.75) is 52.6 Å². The van der Waals surface area contributed by atoms with E-state index in [1.54, 1.807) is 0 Å². The first-order valence-corrected chi connectivity index (χ1v) is 11.5. The van der Waals surface area contributed by atoms with E-state index in [-0.39, 0.29) is 6.61 Å². The predicted molar refractivity (Wildman–Crippen MR) is 128 cm³/mol. The SMILES string of the molecule is CCCCCOc1ccc(-c2ncc(-c3ccc(OCC(F)CC(C)C)cc3)cn2)cc1. The molecule has 0 saturated carbocycles. The van der Waals surface area contributed by atoms with E-state index in [2.05, 4.69) is 16.9 Å². The Morgan fingerprint density at radius 3 is 1.97 bits per heavy atom. The summed E-state index contributed by atoms with van der Waals surface area (Å²) >= 11 is 0. The number of benzene rings is 2. The highest BCUT2D eigenvalue weighted by Gasteiger charge is 2.10. The Hall–Kier alpha value is -2.95. The van der Waals surface area contributed by atoms with Crippen molar-refractivity contribution in [2.24, 2.45) is 5.92 Å². The first kappa shape index (κ1) is 23.7. The Labute approximate surface area is 190 Å². The lowest BCUT2D eigenvalue weighted by Crippen LogP contribution is -2.15. The average molecular weight is 437 g/mol. The largest absolute Gasteiger partial charge is 0.494 e. The topological polar surface area (TPSA) is 44.2 Å². The van der Waals surface area contributed by atoms with Crippen LogP contribution in [0.2, 0.25) is 0 Å². The van der Waals surface area contributed by atoms with Crippen LogP contribution in [-0.4, -0.2) is 29.4 Å². The van der Waals surface area contributed by atoms with E-state index < -0.39 is 6.17 Å². The number of halogens is 1. The Morgan fingerprint density at radius 1 is 0.781 bits per heavy atom. The molecule has 0 N–H and O–H groups in total. The molecule has 0 fully saturated rings. The third kappa shape index (κ3) is 7.33. The molecule has 0 saturated heterocycles. The molecule has 0 bridgehead atoms. The Balaban J connectivity index is 1.56. The van der Waals surface area contributed by atoms with Gasteiger partial charge in [-0.3, -0.25) is 0 Å². The van der Waals surface area contributed by atoms with Crippen LogP contribution >= 0.6 is 0 Å². The minimum atomic E-state index is -0.947. The number of hydrogen-bond acceptors (Lipinski definition) is 4. The summed E-state index contributed by atoms with van der Waals surface area (Å²) in [5.41, 5.74) is 2.85. The number of alkyl halides is 1. The fourth-order valence-electron chi connectivity index (χ4n) is 3.38. The monoisotopic (exact) mass is 436 g/mol. The third-order valence-electron chi connectivity index (χ3n) is 5.13. The van der Waals surface area contributed by atoms with Crippen LogP contribution in [0.25, 0.3) is 22.5 Å². The Kier molecular flexibility index (Phi) is 9.02. The smallest absolute Gasteiger partial charge is 0.159 e. The van der Waals surface area contributed by atoms with E-state index in [4.69, 9.17) is 9.47 Å². The second-order valence-corrected chi connectivity index (χ2v) is 8.44. The zero-order chi connectivity index (χ0) is 22.8. The summed E-state index contributed by atoms with van der Waals surface area (Å²) < 4.78 is 25.1. The van der Waals surface area contributed by atoms with Crippen molar-refractivity contribution in [2.75, 3.05) is 13.2 Å². The van der Waals surface area contributed by atoms with Crippen LogP contribution in [0.15, 0.2) is 60.9 Å². The second-order valence-electron chi connectivity index (χ2n) is 8.44. The van der Waals surface area contributed by atoms with Crippen molar-refractivity contribution in [3.63, 3.8) is 0 Å². The molecule has 1 heterocycles. The fourth-order valence-corrected chi connectivity index (χ4v) is 3.38. The molecule has 0 aliphatic heterocycles. The van der Waals surface area contributed by atoms with Crippen molar-refractivity contribution in [1.82, 2.24) is 9.97 Å². The van der Waals surface area contributed by atoms with Crippen molar-refractivity contribution < 1.29 is 13.9 Å². The molecule has 32 heavy (non-hydrogen) atoms. The number of ether oxygens (including phenoxy) is 2. The van der Waals surface area contributed by atoms with Gasteiger partial charge in [0.1, 0.15) is 24.3 Å². The highest BCUT2D eigenvalue weighted by atomic mass is 19.1. The number of hydrogen-bond donors (Lipinski definition) is 0. The van der Waals surface area contributed by atoms with E-state index in [9.17, 15) is 4.39 Å². The minimum Gasteiger partial charge on any atom is -0.494 e. The number of nitrogens with zero attached hydrogens (tertiary/aromatic N) is 2. The van der Waals surface area contributed by atoms with Crippen LogP contribution in [0, 0.1) is 5.92 Å². The van der Waals surface area contributed by atoms with Gasteiger partial charge in [0.15, 0.2) is 5.82 Å². The third-order valence-corrected chi connectivity index (χ3v) is 5.13. The maximum Gasteiger partial charge on any atom is 0.159 e. The van der Waals surface area contributed by atoms with Crippen molar-refractivity contribution in [3.8, 4) is 34.0 Å². The van der Waals surface area contributed by atoms with Crippen LogP contribution in [0.3, 0.4) is 0 Å². The first-order chi connectivity index (χ1) is 15.5. The zero-order valence-electron chi connectivity index (χ0n) is 19.3. The number of unbranched alkanes of at least 4 members (excludes halogenated alkanes) is 2. The van der Waals surface area contributed by atoms with Crippen molar-refractivity contribution in [1.29, 1.82) is 0 Å². The average Bonchev–Trinajstić information content (AvgIpc) is 2.81. The Morgan fingerprint density at radius 2 is 1.38 bits per heavy atom. The normalized spacial score (nSPS) is 12.0. The summed E-state index contributed by atoms with van der Waals surface area (Å²) in [6, 6.07) is 15.5. The van der Waals surface area contributed by atoms with Crippen LogP contribution in [0.4, 0.5) is 4.39 Å². The van der Waals surface area contributed by atoms with Gasteiger partial charge in [0.25, 0.3) is 0 Å². The molecule has 1 unspecified atom stereocenters. The van der Waals surface area contributed by atoms with E-state index in [1.807, 2.05) is 74.8 Å². The van der Waals surface area contributed by atoms with E-state index in [1.165, 1.54) is 12.8 Å². The number of aromatic nitrogens is 2. The van der Waals surface area contributed by atoms with Gasteiger partial charge >= 0.3 is 0 Å². The highest BCUT2D eigenvalue weighted by molar-refractivity contribution is 5.64. The quantitative estimate of drug-likeness (QED) is 0.283. The molecular formula is C27H33FN2O2. The van der Waals surface area contributed by atoms with E-state index >= 15 is 0 Å². The van der Waals surface area contributed by atoms with Gasteiger partial charge in [-0.1, -0.05) is 45.7 Å². The predicted octanol–water partition coefficient (Wildman–Crippen LogP) is 7.14. The van der Waals surface area contributed by atoms with Gasteiger partial charge in [-0.25, -0.2) is 14.4 Å². The van der Waals surface area contributed by atoms with E-state index in [0.29, 0.717) is 23.9 Å². The molecule has 1 aromatic heterocycles. The van der Waals surface area contributed by atoms with Gasteiger partial charge < -0.3 is 9.47 Å². The number of rotatable bonds is 12. The highest BCUT2D eigenvalue weighted by Crippen LogP contribution is 2.24. The van der Waals surface area contributed by atoms with Gasteiger partial charge in [0, 0.05) is 23.5 Å². The molecule has 0 aliphatic carbocycles. The molecule has 5 heteroatoms. The molecule has 4 nitrogen and oxygen atoms in total. The lowest BCUT2D eigenvalue weighted by Gasteiger charge is -2.12. The van der Waals surface area contributed by atoms with Crippen LogP contribution < -0.4 is 9.47 Å². The van der Waals surface area contributed by atoms with Gasteiger partial charge in [0.05, 0.1) is 6.61 Å². The summed E-state index contributed by atoms with van der Waals surface area (Å²) in [6.45, 7) is 7.02. The lowest BCUT2D eigenvalue weighted by molar-refractivity contribution is 0.174.